The highest BCUT2D eigenvalue weighted by Crippen LogP contribution is 2.26. The van der Waals surface area contributed by atoms with Crippen LogP contribution >= 0.6 is 0 Å². The molecular formula is C12H15N3O. The first-order valence-electron chi connectivity index (χ1n) is 5.76. The van der Waals surface area contributed by atoms with E-state index in [2.05, 4.69) is 10.3 Å². The fourth-order valence-electron chi connectivity index (χ4n) is 2.72. The van der Waals surface area contributed by atoms with Crippen LogP contribution in [-0.4, -0.2) is 41.5 Å². The maximum Gasteiger partial charge on any atom is 0.254 e. The summed E-state index contributed by atoms with van der Waals surface area (Å²) in [6.45, 7) is 2.89. The average Bonchev–Trinajstić information content (AvgIpc) is 2.64. The van der Waals surface area contributed by atoms with Crippen molar-refractivity contribution in [3.63, 3.8) is 0 Å². The van der Waals surface area contributed by atoms with Gasteiger partial charge in [-0.15, -0.1) is 0 Å². The summed E-state index contributed by atoms with van der Waals surface area (Å²) in [6, 6.07) is 3.97. The fourth-order valence-corrected chi connectivity index (χ4v) is 2.72. The van der Waals surface area contributed by atoms with Gasteiger partial charge in [0.15, 0.2) is 0 Å². The van der Waals surface area contributed by atoms with Crippen molar-refractivity contribution in [3.8, 4) is 0 Å². The third kappa shape index (κ3) is 1.59. The number of hydrogen-bond donors (Lipinski definition) is 1. The Morgan fingerprint density at radius 2 is 2.19 bits per heavy atom. The van der Waals surface area contributed by atoms with Gasteiger partial charge in [-0.2, -0.15) is 0 Å². The minimum absolute atomic E-state index is 0.151. The zero-order valence-electron chi connectivity index (χ0n) is 9.10. The summed E-state index contributed by atoms with van der Waals surface area (Å²) in [6.07, 6.45) is 4.51. The van der Waals surface area contributed by atoms with Crippen molar-refractivity contribution >= 4 is 5.91 Å². The summed E-state index contributed by atoms with van der Waals surface area (Å²) in [7, 11) is 0. The van der Waals surface area contributed by atoms with Crippen LogP contribution < -0.4 is 5.32 Å². The number of carbonyl (C=O) groups excluding carboxylic acids is 1. The van der Waals surface area contributed by atoms with Crippen molar-refractivity contribution < 1.29 is 4.79 Å². The van der Waals surface area contributed by atoms with Crippen LogP contribution in [-0.2, 0) is 0 Å². The molecule has 2 saturated heterocycles. The quantitative estimate of drug-likeness (QED) is 0.745. The van der Waals surface area contributed by atoms with E-state index in [0.29, 0.717) is 12.0 Å². The summed E-state index contributed by atoms with van der Waals surface area (Å²) in [5.74, 6) is 0.795. The summed E-state index contributed by atoms with van der Waals surface area (Å²) >= 11 is 0. The second-order valence-corrected chi connectivity index (χ2v) is 4.61. The lowest BCUT2D eigenvalue weighted by Gasteiger charge is -2.24. The van der Waals surface area contributed by atoms with Crippen molar-refractivity contribution in [3.05, 3.63) is 30.1 Å². The molecule has 4 heteroatoms. The monoisotopic (exact) mass is 217 g/mol. The molecule has 3 heterocycles. The number of aromatic nitrogens is 1. The number of carbonyl (C=O) groups is 1. The van der Waals surface area contributed by atoms with E-state index in [1.165, 1.54) is 0 Å². The number of hydrogen-bond acceptors (Lipinski definition) is 3. The topological polar surface area (TPSA) is 45.2 Å². The smallest absolute Gasteiger partial charge is 0.254 e. The molecule has 0 saturated carbocycles. The Morgan fingerprint density at radius 3 is 2.94 bits per heavy atom. The van der Waals surface area contributed by atoms with Gasteiger partial charge in [-0.1, -0.05) is 0 Å². The van der Waals surface area contributed by atoms with Gasteiger partial charge in [-0.05, 0) is 31.0 Å². The predicted molar refractivity (Wildman–Crippen MR) is 60.0 cm³/mol. The number of pyridine rings is 1. The van der Waals surface area contributed by atoms with Gasteiger partial charge in [0.05, 0.1) is 0 Å². The van der Waals surface area contributed by atoms with Crippen molar-refractivity contribution in [2.45, 2.75) is 12.5 Å². The largest absolute Gasteiger partial charge is 0.334 e. The molecule has 2 fully saturated rings. The third-order valence-electron chi connectivity index (χ3n) is 3.50. The first kappa shape index (κ1) is 9.78. The number of rotatable bonds is 1. The molecule has 1 aromatic heterocycles. The molecule has 2 aliphatic heterocycles. The van der Waals surface area contributed by atoms with Crippen LogP contribution in [0.4, 0.5) is 0 Å². The van der Waals surface area contributed by atoms with E-state index in [0.717, 1.165) is 31.6 Å². The van der Waals surface area contributed by atoms with Crippen molar-refractivity contribution in [2.75, 3.05) is 19.6 Å². The number of likely N-dealkylation sites (tertiary alicyclic amines) is 1. The molecule has 3 rings (SSSR count). The van der Waals surface area contributed by atoms with Crippen LogP contribution in [0.1, 0.15) is 16.8 Å². The highest BCUT2D eigenvalue weighted by molar-refractivity contribution is 5.94. The SMILES string of the molecule is O=C(c1ccncc1)N1CC2CNCC1C2. The standard InChI is InChI=1S/C12H15N3O/c16-12(10-1-3-13-4-2-10)15-8-9-5-11(15)7-14-6-9/h1-4,9,11,14H,5-8H2. The van der Waals surface area contributed by atoms with Crippen molar-refractivity contribution in [1.29, 1.82) is 0 Å². The highest BCUT2D eigenvalue weighted by Gasteiger charge is 2.37. The lowest BCUT2D eigenvalue weighted by Crippen LogP contribution is -2.41. The van der Waals surface area contributed by atoms with Gasteiger partial charge >= 0.3 is 0 Å². The Labute approximate surface area is 94.7 Å². The van der Waals surface area contributed by atoms with Gasteiger partial charge in [0.1, 0.15) is 0 Å². The van der Waals surface area contributed by atoms with Gasteiger partial charge in [0.2, 0.25) is 0 Å². The Morgan fingerprint density at radius 1 is 1.38 bits per heavy atom. The minimum Gasteiger partial charge on any atom is -0.334 e. The first-order chi connectivity index (χ1) is 7.84. The number of amides is 1. The molecule has 1 aromatic rings. The Balaban J connectivity index is 1.81. The molecule has 16 heavy (non-hydrogen) atoms. The van der Waals surface area contributed by atoms with Crippen molar-refractivity contribution in [1.82, 2.24) is 15.2 Å². The molecule has 2 aliphatic rings. The second kappa shape index (κ2) is 3.87. The molecule has 2 atom stereocenters. The molecule has 0 spiro atoms. The summed E-state index contributed by atoms with van der Waals surface area (Å²) in [5.41, 5.74) is 0.752. The van der Waals surface area contributed by atoms with Gasteiger partial charge < -0.3 is 10.2 Å². The van der Waals surface area contributed by atoms with Crippen LogP contribution in [0, 0.1) is 5.92 Å². The summed E-state index contributed by atoms with van der Waals surface area (Å²) in [5, 5.41) is 3.38. The predicted octanol–water partition coefficient (Wildman–Crippen LogP) is 0.515. The van der Waals surface area contributed by atoms with Gasteiger partial charge in [0.25, 0.3) is 5.91 Å². The zero-order valence-corrected chi connectivity index (χ0v) is 9.10. The number of nitrogens with zero attached hydrogens (tertiary/aromatic N) is 2. The molecular weight excluding hydrogens is 202 g/mol. The normalized spacial score (nSPS) is 28.1. The van der Waals surface area contributed by atoms with Crippen LogP contribution in [0.2, 0.25) is 0 Å². The molecule has 1 N–H and O–H groups in total. The van der Waals surface area contributed by atoms with Crippen molar-refractivity contribution in [2.24, 2.45) is 5.92 Å². The van der Waals surface area contributed by atoms with E-state index in [1.807, 2.05) is 4.90 Å². The first-order valence-corrected chi connectivity index (χ1v) is 5.76. The molecule has 2 unspecified atom stereocenters. The summed E-state index contributed by atoms with van der Waals surface area (Å²) in [4.78, 5) is 18.2. The molecule has 0 aliphatic carbocycles. The Bertz CT molecular complexity index is 393. The van der Waals surface area contributed by atoms with Crippen LogP contribution in [0.15, 0.2) is 24.5 Å². The molecule has 84 valence electrons. The van der Waals surface area contributed by atoms with E-state index >= 15 is 0 Å². The van der Waals surface area contributed by atoms with E-state index in [4.69, 9.17) is 0 Å². The molecule has 0 aromatic carbocycles. The fraction of sp³-hybridized carbons (Fsp3) is 0.500. The average molecular weight is 217 g/mol. The Kier molecular flexibility index (Phi) is 2.36. The van der Waals surface area contributed by atoms with Gasteiger partial charge in [0, 0.05) is 37.1 Å². The van der Waals surface area contributed by atoms with E-state index in [-0.39, 0.29) is 5.91 Å². The molecule has 0 radical (unpaired) electrons. The van der Waals surface area contributed by atoms with Crippen LogP contribution in [0.3, 0.4) is 0 Å². The molecule has 2 bridgehead atoms. The lowest BCUT2D eigenvalue weighted by molar-refractivity contribution is 0.0740. The van der Waals surface area contributed by atoms with Gasteiger partial charge in [-0.3, -0.25) is 9.78 Å². The van der Waals surface area contributed by atoms with Gasteiger partial charge in [-0.25, -0.2) is 0 Å². The van der Waals surface area contributed by atoms with Crippen LogP contribution in [0.5, 0.6) is 0 Å². The highest BCUT2D eigenvalue weighted by atomic mass is 16.2. The van der Waals surface area contributed by atoms with Crippen LogP contribution in [0.25, 0.3) is 0 Å². The minimum atomic E-state index is 0.151. The summed E-state index contributed by atoms with van der Waals surface area (Å²) < 4.78 is 0. The molecule has 4 nitrogen and oxygen atoms in total. The van der Waals surface area contributed by atoms with E-state index in [1.54, 1.807) is 24.5 Å². The maximum absolute atomic E-state index is 12.3. The number of nitrogens with one attached hydrogen (secondary N) is 1. The van der Waals surface area contributed by atoms with E-state index < -0.39 is 0 Å². The number of piperidine rings is 1. The zero-order chi connectivity index (χ0) is 11.0. The van der Waals surface area contributed by atoms with E-state index in [9.17, 15) is 4.79 Å². The number of fused-ring (bicyclic) bond motifs is 2. The second-order valence-electron chi connectivity index (χ2n) is 4.61. The third-order valence-corrected chi connectivity index (χ3v) is 3.50. The molecule has 1 amide bonds. The lowest BCUT2D eigenvalue weighted by atomic mass is 10.0. The maximum atomic E-state index is 12.3. The Hall–Kier alpha value is -1.42.